The molecule has 1 aliphatic carbocycles. The normalized spacial score (nSPS) is 18.8. The van der Waals surface area contributed by atoms with Crippen LogP contribution in [0, 0.1) is 10.4 Å². The fourth-order valence-corrected chi connectivity index (χ4v) is 9.90. The van der Waals surface area contributed by atoms with Gasteiger partial charge < -0.3 is 34.1 Å². The molecule has 1 saturated heterocycles. The Morgan fingerprint density at radius 3 is 1.46 bits per heavy atom. The highest BCUT2D eigenvalue weighted by Crippen LogP contribution is 2.53. The van der Waals surface area contributed by atoms with Gasteiger partial charge in [0.05, 0.1) is 28.4 Å². The number of ether oxygens (including phenoxy) is 5. The molecule has 10 nitrogen and oxygen atoms in total. The Bertz CT molecular complexity index is 2700. The first-order valence-corrected chi connectivity index (χ1v) is 23.0. The maximum Gasteiger partial charge on any atom is 0.573 e. The first-order valence-electron chi connectivity index (χ1n) is 22.2. The summed E-state index contributed by atoms with van der Waals surface area (Å²) in [4.78, 5) is 2.25. The summed E-state index contributed by atoms with van der Waals surface area (Å²) in [7, 11) is 1.43. The summed E-state index contributed by atoms with van der Waals surface area (Å²) in [5, 5.41) is 25.8. The van der Waals surface area contributed by atoms with Gasteiger partial charge in [0.15, 0.2) is 24.6 Å². The molecule has 5 heterocycles. The maximum atomic E-state index is 12.5. The van der Waals surface area contributed by atoms with Gasteiger partial charge in [-0.25, -0.2) is 0 Å². The highest BCUT2D eigenvalue weighted by Gasteiger charge is 2.50. The zero-order valence-corrected chi connectivity index (χ0v) is 38.7. The lowest BCUT2D eigenvalue weighted by Gasteiger charge is -2.39. The van der Waals surface area contributed by atoms with Gasteiger partial charge in [-0.15, -0.1) is 26.3 Å². The third kappa shape index (κ3) is 12.2. The highest BCUT2D eigenvalue weighted by molar-refractivity contribution is 6.30. The van der Waals surface area contributed by atoms with Crippen molar-refractivity contribution in [3.05, 3.63) is 193 Å². The largest absolute Gasteiger partial charge is 0.618 e. The van der Waals surface area contributed by atoms with E-state index in [1.54, 1.807) is 36.4 Å². The van der Waals surface area contributed by atoms with Crippen LogP contribution in [0.5, 0.6) is 17.2 Å². The van der Waals surface area contributed by atoms with Gasteiger partial charge in [0.2, 0.25) is 11.4 Å². The lowest BCUT2D eigenvalue weighted by molar-refractivity contribution is -0.618. The Morgan fingerprint density at radius 2 is 1.01 bits per heavy atom. The van der Waals surface area contributed by atoms with Gasteiger partial charge in [0.1, 0.15) is 17.2 Å². The molecule has 2 fully saturated rings. The molecule has 6 aromatic rings. The van der Waals surface area contributed by atoms with Gasteiger partial charge in [0.25, 0.3) is 0 Å². The van der Waals surface area contributed by atoms with E-state index in [4.69, 9.17) is 37.4 Å². The molecule has 0 amide bonds. The minimum atomic E-state index is -4.70. The standard InChI is InChI=1S/C25H22ClF3N2O3.C18H18ClNO2.C8H7F3O2.CH4/c26-18-9-12-31(32)22(15-18)23-20-3-1-2-4-21(20)24(34-23)10-13-30(14-11-24)16-17-5-7-19(8-6-17)33-25(27,28)29;19-13-8-11-20(21)16(12-13)17-14-6-2-3-7-15(14)18(22-17)9-4-1-5-10-18;1-12-6-2-4-7(5-3-6)13-8(9,10)11;/h1-9,12,15,23H,10-11,13-14,16H2;2-3,6-8,11-12,17H,1,4-5,9-10H2;2-5H,1H3;1H4. The van der Waals surface area contributed by atoms with Crippen molar-refractivity contribution >= 4 is 23.2 Å². The van der Waals surface area contributed by atoms with Gasteiger partial charge in [0, 0.05) is 43.9 Å². The topological polar surface area (TPSA) is 103 Å². The molecule has 2 spiro atoms. The summed E-state index contributed by atoms with van der Waals surface area (Å²) >= 11 is 12.3. The monoisotopic (exact) mass is 1010 g/mol. The van der Waals surface area contributed by atoms with Crippen molar-refractivity contribution in [2.24, 2.45) is 0 Å². The summed E-state index contributed by atoms with van der Waals surface area (Å²) in [6, 6.07) is 33.9. The fourth-order valence-electron chi connectivity index (χ4n) is 9.57. The number of methoxy groups -OCH3 is 1. The van der Waals surface area contributed by atoms with E-state index in [-0.39, 0.29) is 30.6 Å². The van der Waals surface area contributed by atoms with Crippen molar-refractivity contribution in [1.29, 1.82) is 0 Å². The van der Waals surface area contributed by atoms with Crippen LogP contribution >= 0.6 is 23.2 Å². The van der Waals surface area contributed by atoms with Gasteiger partial charge in [-0.2, -0.15) is 9.46 Å². The molecular formula is C52H51Cl2F6N3O7. The van der Waals surface area contributed by atoms with Crippen LogP contribution in [0.15, 0.2) is 134 Å². The number of benzene rings is 4. The van der Waals surface area contributed by atoms with E-state index in [0.717, 1.165) is 70.5 Å². The van der Waals surface area contributed by atoms with Crippen molar-refractivity contribution in [2.45, 2.75) is 95.1 Å². The van der Waals surface area contributed by atoms with Crippen molar-refractivity contribution in [2.75, 3.05) is 20.2 Å². The minimum Gasteiger partial charge on any atom is -0.618 e. The van der Waals surface area contributed by atoms with Crippen LogP contribution in [0.1, 0.15) is 104 Å². The Morgan fingerprint density at radius 1 is 0.600 bits per heavy atom. The van der Waals surface area contributed by atoms with Crippen molar-refractivity contribution in [1.82, 2.24) is 4.90 Å². The number of hydrogen-bond donors (Lipinski definition) is 0. The molecule has 2 aromatic heterocycles. The predicted octanol–water partition coefficient (Wildman–Crippen LogP) is 13.0. The number of hydrogen-bond acceptors (Lipinski definition) is 8. The van der Waals surface area contributed by atoms with Crippen LogP contribution in [0.3, 0.4) is 0 Å². The molecule has 372 valence electrons. The third-order valence-corrected chi connectivity index (χ3v) is 13.2. The Labute approximate surface area is 412 Å². The number of likely N-dealkylation sites (tertiary alicyclic amines) is 1. The molecule has 2 atom stereocenters. The predicted molar refractivity (Wildman–Crippen MR) is 250 cm³/mol. The molecule has 0 radical (unpaired) electrons. The van der Waals surface area contributed by atoms with Crippen LogP contribution in [0.25, 0.3) is 0 Å². The minimum absolute atomic E-state index is 0. The fraction of sp³-hybridized carbons (Fsp3) is 0.346. The van der Waals surface area contributed by atoms with Crippen molar-refractivity contribution < 1.29 is 59.5 Å². The number of pyridine rings is 2. The number of halogens is 8. The zero-order chi connectivity index (χ0) is 49.0. The summed E-state index contributed by atoms with van der Waals surface area (Å²) in [5.41, 5.74) is 5.63. The molecule has 4 aliphatic rings. The van der Waals surface area contributed by atoms with Crippen molar-refractivity contribution in [3.63, 3.8) is 0 Å². The van der Waals surface area contributed by atoms with Crippen LogP contribution in [0.2, 0.25) is 10.0 Å². The first kappa shape index (κ1) is 52.1. The lowest BCUT2D eigenvalue weighted by Crippen LogP contribution is -2.42. The van der Waals surface area contributed by atoms with E-state index in [1.807, 2.05) is 24.3 Å². The van der Waals surface area contributed by atoms with E-state index in [0.29, 0.717) is 33.7 Å². The van der Waals surface area contributed by atoms with Crippen LogP contribution in [-0.2, 0) is 27.2 Å². The summed E-state index contributed by atoms with van der Waals surface area (Å²) in [6.45, 7) is 2.10. The van der Waals surface area contributed by atoms with Crippen LogP contribution in [0.4, 0.5) is 26.3 Å². The number of alkyl halides is 6. The molecule has 70 heavy (non-hydrogen) atoms. The Hall–Kier alpha value is -5.78. The number of nitrogens with zero attached hydrogens (tertiary/aromatic N) is 3. The number of fused-ring (bicyclic) bond motifs is 4. The highest BCUT2D eigenvalue weighted by atomic mass is 35.5. The molecule has 18 heteroatoms. The quantitative estimate of drug-likeness (QED) is 0.0885. The number of aromatic nitrogens is 2. The maximum absolute atomic E-state index is 12.5. The van der Waals surface area contributed by atoms with Gasteiger partial charge >= 0.3 is 12.7 Å². The van der Waals surface area contributed by atoms with E-state index in [9.17, 15) is 36.8 Å². The second-order valence-electron chi connectivity index (χ2n) is 17.1. The molecule has 4 aromatic carbocycles. The SMILES string of the molecule is C.COc1ccc(OC(F)(F)F)cc1.[O-][n+]1ccc(Cl)cc1C1OC2(CCCCC2)c2ccccc21.[O-][n+]1ccc(Cl)cc1C1OC2(CCN(Cc3ccc(OC(F)(F)F)cc3)CC2)c2ccccc21. The second-order valence-corrected chi connectivity index (χ2v) is 18.0. The Kier molecular flexibility index (Phi) is 16.1. The van der Waals surface area contributed by atoms with E-state index in [1.165, 1.54) is 80.7 Å². The zero-order valence-electron chi connectivity index (χ0n) is 37.2. The van der Waals surface area contributed by atoms with E-state index >= 15 is 0 Å². The molecule has 0 bridgehead atoms. The van der Waals surface area contributed by atoms with E-state index in [2.05, 4.69) is 38.6 Å². The average molecular weight is 1010 g/mol. The molecule has 10 rings (SSSR count). The average Bonchev–Trinajstić information content (AvgIpc) is 3.81. The summed E-state index contributed by atoms with van der Waals surface area (Å²) < 4.78 is 99.3. The number of rotatable bonds is 7. The smallest absolute Gasteiger partial charge is 0.573 e. The Balaban J connectivity index is 0.000000171. The van der Waals surface area contributed by atoms with Crippen molar-refractivity contribution in [3.8, 4) is 17.2 Å². The van der Waals surface area contributed by atoms with Gasteiger partial charge in [-0.05, 0) is 89.9 Å². The second kappa shape index (κ2) is 21.7. The number of piperidine rings is 1. The molecule has 2 unspecified atom stereocenters. The summed E-state index contributed by atoms with van der Waals surface area (Å²) in [6.07, 6.45) is -0.199. The molecule has 0 N–H and O–H groups in total. The van der Waals surface area contributed by atoms with Gasteiger partial charge in [-0.1, -0.05) is 111 Å². The lowest BCUT2D eigenvalue weighted by atomic mass is 9.79. The van der Waals surface area contributed by atoms with Gasteiger partial charge in [-0.3, -0.25) is 4.90 Å². The molecule has 3 aliphatic heterocycles. The van der Waals surface area contributed by atoms with Crippen LogP contribution in [-0.4, -0.2) is 37.8 Å². The molecular weight excluding hydrogens is 963 g/mol. The summed E-state index contributed by atoms with van der Waals surface area (Å²) in [5.74, 6) is -0.00435. The van der Waals surface area contributed by atoms with Crippen LogP contribution < -0.4 is 23.7 Å². The van der Waals surface area contributed by atoms with E-state index < -0.39 is 24.4 Å². The first-order chi connectivity index (χ1) is 32.9. The molecule has 1 saturated carbocycles. The third-order valence-electron chi connectivity index (χ3n) is 12.7.